The minimum Gasteiger partial charge on any atom is -0.310 e. The first-order valence-corrected chi connectivity index (χ1v) is 23.4. The Kier molecular flexibility index (Phi) is 15.3. The molecule has 0 heterocycles. The minimum absolute atomic E-state index is 0.709. The molecule has 1 heteroatoms. The summed E-state index contributed by atoms with van der Waals surface area (Å²) >= 11 is 0. The van der Waals surface area contributed by atoms with E-state index in [1.54, 1.807) is 0 Å². The quantitative estimate of drug-likeness (QED) is 0.111. The lowest BCUT2D eigenvalue weighted by Crippen LogP contribution is -2.12. The molecule has 0 saturated carbocycles. The van der Waals surface area contributed by atoms with Gasteiger partial charge in [0, 0.05) is 16.9 Å². The van der Waals surface area contributed by atoms with Gasteiger partial charge in [-0.3, -0.25) is 0 Å². The van der Waals surface area contributed by atoms with E-state index in [-0.39, 0.29) is 0 Å². The highest BCUT2D eigenvalue weighted by Crippen LogP contribution is 2.46. The Balaban J connectivity index is 0.000000558. The highest BCUT2D eigenvalue weighted by atomic mass is 15.1. The van der Waals surface area contributed by atoms with Crippen molar-refractivity contribution in [2.24, 2.45) is 0 Å². The van der Waals surface area contributed by atoms with E-state index in [4.69, 9.17) is 0 Å². The molecule has 1 aliphatic carbocycles. The average Bonchev–Trinajstić information content (AvgIpc) is 3.34. The minimum atomic E-state index is 0.709. The third-order valence-electron chi connectivity index (χ3n) is 13.0. The van der Waals surface area contributed by atoms with E-state index in [2.05, 4.69) is 255 Å². The highest BCUT2D eigenvalue weighted by Gasteiger charge is 2.22. The molecule has 0 amide bonds. The number of rotatable bonds is 12. The fourth-order valence-corrected chi connectivity index (χ4v) is 9.08. The molecule has 1 aliphatic rings. The number of allylic oxidation sites excluding steroid dienone is 9. The first kappa shape index (κ1) is 46.0. The molecule has 0 fully saturated rings. The fraction of sp³-hybridized carbons (Fsp3) is 0.188. The van der Waals surface area contributed by atoms with Crippen LogP contribution in [-0.2, 0) is 0 Å². The van der Waals surface area contributed by atoms with Crippen LogP contribution in [0.15, 0.2) is 206 Å². The van der Waals surface area contributed by atoms with Crippen molar-refractivity contribution < 1.29 is 0 Å². The Morgan fingerprint density at radius 1 is 0.646 bits per heavy atom. The van der Waals surface area contributed by atoms with E-state index in [9.17, 15) is 0 Å². The number of benzene rings is 7. The molecule has 7 aromatic rings. The molecule has 0 aliphatic heterocycles. The third kappa shape index (κ3) is 10.5. The first-order chi connectivity index (χ1) is 31.6. The summed E-state index contributed by atoms with van der Waals surface area (Å²) in [7, 11) is 0. The Morgan fingerprint density at radius 3 is 1.95 bits per heavy atom. The van der Waals surface area contributed by atoms with Crippen molar-refractivity contribution in [2.75, 3.05) is 4.90 Å². The number of hydrogen-bond donors (Lipinski definition) is 0. The largest absolute Gasteiger partial charge is 0.310 e. The van der Waals surface area contributed by atoms with E-state index in [0.29, 0.717) is 5.92 Å². The molecule has 1 nitrogen and oxygen atoms in total. The summed E-state index contributed by atoms with van der Waals surface area (Å²) in [5.41, 5.74) is 23.4. The molecule has 0 bridgehead atoms. The Hall–Kier alpha value is -6.96. The first-order valence-electron chi connectivity index (χ1n) is 23.4. The van der Waals surface area contributed by atoms with Gasteiger partial charge in [-0.15, -0.1) is 0 Å². The molecular formula is C64H65N. The molecule has 0 saturated heterocycles. The normalized spacial score (nSPS) is 13.1. The fourth-order valence-electron chi connectivity index (χ4n) is 9.08. The second-order valence-corrected chi connectivity index (χ2v) is 17.4. The van der Waals surface area contributed by atoms with Crippen LogP contribution in [0.1, 0.15) is 91.8 Å². The lowest BCUT2D eigenvalue weighted by molar-refractivity contribution is 0.733. The average molecular weight is 848 g/mol. The van der Waals surface area contributed by atoms with Crippen molar-refractivity contribution >= 4 is 28.2 Å². The molecule has 7 aromatic carbocycles. The van der Waals surface area contributed by atoms with Crippen LogP contribution in [0.3, 0.4) is 0 Å². The van der Waals surface area contributed by atoms with Crippen LogP contribution in [0.25, 0.3) is 44.5 Å². The second-order valence-electron chi connectivity index (χ2n) is 17.4. The van der Waals surface area contributed by atoms with Crippen LogP contribution in [-0.4, -0.2) is 0 Å². The lowest BCUT2D eigenvalue weighted by Gasteiger charge is -2.30. The van der Waals surface area contributed by atoms with Gasteiger partial charge in [0.25, 0.3) is 0 Å². The maximum Gasteiger partial charge on any atom is 0.0542 e. The Morgan fingerprint density at radius 2 is 1.29 bits per heavy atom. The zero-order valence-electron chi connectivity index (χ0n) is 39.8. The van der Waals surface area contributed by atoms with E-state index in [1.807, 2.05) is 6.08 Å². The highest BCUT2D eigenvalue weighted by molar-refractivity contribution is 5.94. The van der Waals surface area contributed by atoms with E-state index in [1.165, 1.54) is 89.9 Å². The van der Waals surface area contributed by atoms with E-state index < -0.39 is 0 Å². The van der Waals surface area contributed by atoms with Gasteiger partial charge >= 0.3 is 0 Å². The second kappa shape index (κ2) is 21.6. The van der Waals surface area contributed by atoms with E-state index >= 15 is 0 Å². The maximum absolute atomic E-state index is 4.23. The number of anilines is 3. The zero-order chi connectivity index (χ0) is 45.9. The number of hydrogen-bond acceptors (Lipinski definition) is 1. The van der Waals surface area contributed by atoms with Gasteiger partial charge in [-0.1, -0.05) is 178 Å². The molecular weight excluding hydrogens is 783 g/mol. The molecule has 1 atom stereocenters. The predicted octanol–water partition coefficient (Wildman–Crippen LogP) is 18.9. The van der Waals surface area contributed by atoms with Crippen LogP contribution in [0.2, 0.25) is 0 Å². The van der Waals surface area contributed by atoms with Gasteiger partial charge in [0.2, 0.25) is 0 Å². The summed E-state index contributed by atoms with van der Waals surface area (Å²) < 4.78 is 0. The van der Waals surface area contributed by atoms with Crippen LogP contribution < -0.4 is 4.90 Å². The van der Waals surface area contributed by atoms with Gasteiger partial charge in [0.05, 0.1) is 5.69 Å². The van der Waals surface area contributed by atoms with Gasteiger partial charge in [-0.2, -0.15) is 0 Å². The maximum atomic E-state index is 4.23. The van der Waals surface area contributed by atoms with Gasteiger partial charge in [-0.25, -0.2) is 0 Å². The topological polar surface area (TPSA) is 3.24 Å². The van der Waals surface area contributed by atoms with Gasteiger partial charge in [0.1, 0.15) is 0 Å². The van der Waals surface area contributed by atoms with Gasteiger partial charge < -0.3 is 4.90 Å². The molecule has 65 heavy (non-hydrogen) atoms. The van der Waals surface area contributed by atoms with Crippen molar-refractivity contribution in [3.8, 4) is 33.4 Å². The Labute approximate surface area is 390 Å². The van der Waals surface area contributed by atoms with Gasteiger partial charge in [0.15, 0.2) is 0 Å². The summed E-state index contributed by atoms with van der Waals surface area (Å²) in [6.07, 6.45) is 16.3. The van der Waals surface area contributed by atoms with Crippen LogP contribution in [0, 0.1) is 27.7 Å². The summed E-state index contributed by atoms with van der Waals surface area (Å²) in [5.74, 6) is 0.709. The van der Waals surface area contributed by atoms with Crippen molar-refractivity contribution in [3.63, 3.8) is 0 Å². The Bertz CT molecular complexity index is 2870. The van der Waals surface area contributed by atoms with E-state index in [0.717, 1.165) is 35.5 Å². The molecule has 1 unspecified atom stereocenters. The molecule has 0 radical (unpaired) electrons. The summed E-state index contributed by atoms with van der Waals surface area (Å²) in [6.45, 7) is 21.9. The number of aryl methyl sites for hydroxylation is 3. The molecule has 8 rings (SSSR count). The summed E-state index contributed by atoms with van der Waals surface area (Å²) in [5, 5.41) is 0. The van der Waals surface area contributed by atoms with Crippen LogP contribution in [0.5, 0.6) is 0 Å². The van der Waals surface area contributed by atoms with Crippen molar-refractivity contribution in [1.82, 2.24) is 0 Å². The summed E-state index contributed by atoms with van der Waals surface area (Å²) in [6, 6.07) is 57.7. The lowest BCUT2D eigenvalue weighted by atomic mass is 9.88. The standard InChI is InChI=1S/C54H51N.C10H14/c1-8-18-37(3)48(9-2)49-24-17-25-50(41(49)7)54-40(6)19-16-26-53(54)55(46-33-30-44(31-34-46)42-20-12-10-13-21-42)47-32-28-39(5)52(36-47)51-35-45(29-27-38(51)4)43-22-14-11-15-23-43;1-3-9(2)10-7-5-4-6-8-10/h8-12,14-20,22-36H,2,13,21H2,1,3-7H3;4-9H,3H2,1-2H3/b18-8-,48-37+;. The number of nitrogens with zero attached hydrogens (tertiary/aromatic N) is 1. The van der Waals surface area contributed by atoms with Gasteiger partial charge in [-0.05, 0) is 187 Å². The van der Waals surface area contributed by atoms with Crippen molar-refractivity contribution in [3.05, 3.63) is 245 Å². The third-order valence-corrected chi connectivity index (χ3v) is 13.0. The smallest absolute Gasteiger partial charge is 0.0542 e. The molecule has 0 N–H and O–H groups in total. The van der Waals surface area contributed by atoms with Crippen molar-refractivity contribution in [2.45, 2.75) is 80.6 Å². The van der Waals surface area contributed by atoms with Crippen molar-refractivity contribution in [1.29, 1.82) is 0 Å². The molecule has 0 aromatic heterocycles. The predicted molar refractivity (Wildman–Crippen MR) is 285 cm³/mol. The van der Waals surface area contributed by atoms with Crippen LogP contribution in [0.4, 0.5) is 17.1 Å². The van der Waals surface area contributed by atoms with Crippen LogP contribution >= 0.6 is 0 Å². The zero-order valence-corrected chi connectivity index (χ0v) is 39.8. The molecule has 326 valence electrons. The summed E-state index contributed by atoms with van der Waals surface area (Å²) in [4.78, 5) is 2.46. The SMILES string of the molecule is C=C/C(=C(C)\C=C/C)c1cccc(-c2c(C)cccc2N(c2ccc(C3=CC=CCC3)cc2)c2ccc(C)c(-c3cc(-c4ccccc4)ccc3C)c2)c1C.CCC(C)c1ccccc1. The monoisotopic (exact) mass is 848 g/mol. The molecule has 0 spiro atoms.